The summed E-state index contributed by atoms with van der Waals surface area (Å²) in [5, 5.41) is 14.4. The lowest BCUT2D eigenvalue weighted by Crippen LogP contribution is -2.06. The number of phenolic OH excluding ortho intramolecular Hbond substituents is 1. The fourth-order valence-electron chi connectivity index (χ4n) is 3.17. The topological polar surface area (TPSA) is 60.2 Å². The van der Waals surface area contributed by atoms with Crippen LogP contribution in [0.25, 0.3) is 22.4 Å². The quantitative estimate of drug-likeness (QED) is 0.426. The Kier molecular flexibility index (Phi) is 6.62. The molecule has 0 saturated heterocycles. The zero-order valence-corrected chi connectivity index (χ0v) is 17.9. The van der Waals surface area contributed by atoms with Crippen LogP contribution in [0.3, 0.4) is 0 Å². The molecule has 0 spiro atoms. The first-order valence-electron chi connectivity index (χ1n) is 9.92. The Labute approximate surface area is 185 Å². The number of hydrogen-bond donors (Lipinski definition) is 1. The second-order valence-electron chi connectivity index (χ2n) is 7.86. The number of benzene rings is 1. The number of pyridine rings is 1. The van der Waals surface area contributed by atoms with Gasteiger partial charge in [0.05, 0.1) is 23.4 Å². The van der Waals surface area contributed by atoms with Crippen LogP contribution in [0.2, 0.25) is 0 Å². The van der Waals surface area contributed by atoms with Crippen molar-refractivity contribution < 1.29 is 36.2 Å². The number of hydrogen-bond acceptors (Lipinski definition) is 4. The van der Waals surface area contributed by atoms with Crippen LogP contribution in [0.15, 0.2) is 36.7 Å². The molecule has 2 heterocycles. The van der Waals surface area contributed by atoms with E-state index in [4.69, 9.17) is 4.74 Å². The predicted octanol–water partition coefficient (Wildman–Crippen LogP) is 6.32. The van der Waals surface area contributed by atoms with E-state index < -0.39 is 29.4 Å². The highest BCUT2D eigenvalue weighted by molar-refractivity contribution is 5.85. The summed E-state index contributed by atoms with van der Waals surface area (Å²) in [5.41, 5.74) is -2.54. The molecule has 0 amide bonds. The molecule has 3 rings (SSSR count). The monoisotopic (exact) mass is 473 g/mol. The number of aryl methyl sites for hydroxylation is 1. The van der Waals surface area contributed by atoms with Gasteiger partial charge in [-0.05, 0) is 36.6 Å². The fourth-order valence-corrected chi connectivity index (χ4v) is 3.17. The van der Waals surface area contributed by atoms with Crippen LogP contribution in [0.1, 0.15) is 31.5 Å². The van der Waals surface area contributed by atoms with Crippen molar-refractivity contribution >= 4 is 0 Å². The van der Waals surface area contributed by atoms with E-state index >= 15 is 0 Å². The maximum atomic E-state index is 13.2. The van der Waals surface area contributed by atoms with Gasteiger partial charge >= 0.3 is 12.4 Å². The van der Waals surface area contributed by atoms with Gasteiger partial charge < -0.3 is 9.84 Å². The molecule has 0 saturated carbocycles. The molecule has 11 heteroatoms. The minimum absolute atomic E-state index is 0.0517. The first-order valence-corrected chi connectivity index (χ1v) is 9.92. The number of aromatic nitrogens is 3. The van der Waals surface area contributed by atoms with E-state index in [0.29, 0.717) is 12.6 Å². The standard InChI is InChI=1S/C22H21F6N3O2/c1-12(2)6-7-33-17-5-4-15(16-9-18(22(26,27)28)30-31(16)3)20(32)19(17)13-8-14(11-29-10-13)21(23,24)25/h4-5,8-12,32H,6-7H2,1-3H3. The average Bonchev–Trinajstić information content (AvgIpc) is 3.09. The van der Waals surface area contributed by atoms with Gasteiger partial charge in [0.2, 0.25) is 0 Å². The van der Waals surface area contributed by atoms with Crippen LogP contribution in [-0.2, 0) is 19.4 Å². The van der Waals surface area contributed by atoms with Crippen molar-refractivity contribution in [1.82, 2.24) is 14.8 Å². The number of phenols is 1. The normalized spacial score (nSPS) is 12.4. The minimum Gasteiger partial charge on any atom is -0.506 e. The molecular formula is C22H21F6N3O2. The molecule has 0 radical (unpaired) electrons. The molecule has 0 aliphatic heterocycles. The summed E-state index contributed by atoms with van der Waals surface area (Å²) in [6.07, 6.45) is -6.99. The summed E-state index contributed by atoms with van der Waals surface area (Å²) in [6, 6.07) is 4.28. The molecule has 0 aliphatic rings. The van der Waals surface area contributed by atoms with Crippen LogP contribution >= 0.6 is 0 Å². The van der Waals surface area contributed by atoms with E-state index in [1.165, 1.54) is 19.2 Å². The SMILES string of the molecule is CC(C)CCOc1ccc(-c2cc(C(F)(F)F)nn2C)c(O)c1-c1cncc(C(F)(F)F)c1. The number of alkyl halides is 6. The first-order chi connectivity index (χ1) is 15.3. The lowest BCUT2D eigenvalue weighted by atomic mass is 9.98. The van der Waals surface area contributed by atoms with Gasteiger partial charge in [0, 0.05) is 30.6 Å². The highest BCUT2D eigenvalue weighted by Crippen LogP contribution is 2.45. The minimum atomic E-state index is -4.71. The van der Waals surface area contributed by atoms with Crippen LogP contribution in [-0.4, -0.2) is 26.5 Å². The third kappa shape index (κ3) is 5.40. The second kappa shape index (κ2) is 8.95. The first kappa shape index (κ1) is 24.4. The van der Waals surface area contributed by atoms with Gasteiger partial charge in [-0.3, -0.25) is 9.67 Å². The van der Waals surface area contributed by atoms with Gasteiger partial charge in [-0.15, -0.1) is 0 Å². The zero-order chi connectivity index (χ0) is 24.6. The van der Waals surface area contributed by atoms with E-state index in [9.17, 15) is 31.4 Å². The summed E-state index contributed by atoms with van der Waals surface area (Å²) in [7, 11) is 1.27. The molecule has 1 N–H and O–H groups in total. The third-order valence-corrected chi connectivity index (χ3v) is 4.89. The fraction of sp³-hybridized carbons (Fsp3) is 0.364. The van der Waals surface area contributed by atoms with E-state index in [0.717, 1.165) is 23.0 Å². The highest BCUT2D eigenvalue weighted by Gasteiger charge is 2.35. The van der Waals surface area contributed by atoms with Gasteiger partial charge in [0.25, 0.3) is 0 Å². The van der Waals surface area contributed by atoms with Gasteiger partial charge in [-0.25, -0.2) is 0 Å². The third-order valence-electron chi connectivity index (χ3n) is 4.89. The van der Waals surface area contributed by atoms with Crippen molar-refractivity contribution in [1.29, 1.82) is 0 Å². The Bertz CT molecular complexity index is 1140. The molecule has 0 unspecified atom stereocenters. The summed E-state index contributed by atoms with van der Waals surface area (Å²) >= 11 is 0. The molecule has 2 aromatic heterocycles. The summed E-state index contributed by atoms with van der Waals surface area (Å²) in [4.78, 5) is 3.62. The number of nitrogens with zero attached hydrogens (tertiary/aromatic N) is 3. The maximum Gasteiger partial charge on any atom is 0.435 e. The van der Waals surface area contributed by atoms with Gasteiger partial charge in [0.1, 0.15) is 11.5 Å². The number of aromatic hydroxyl groups is 1. The molecule has 33 heavy (non-hydrogen) atoms. The summed E-state index contributed by atoms with van der Waals surface area (Å²) in [5.74, 6) is -0.182. The van der Waals surface area contributed by atoms with Crippen LogP contribution < -0.4 is 4.74 Å². The molecular weight excluding hydrogens is 452 g/mol. The van der Waals surface area contributed by atoms with E-state index in [2.05, 4.69) is 10.1 Å². The summed E-state index contributed by atoms with van der Waals surface area (Å²) < 4.78 is 85.6. The van der Waals surface area contributed by atoms with E-state index in [1.807, 2.05) is 13.8 Å². The Morgan fingerprint density at radius 2 is 1.73 bits per heavy atom. The zero-order valence-electron chi connectivity index (χ0n) is 17.9. The maximum absolute atomic E-state index is 13.2. The van der Waals surface area contributed by atoms with Gasteiger partial charge in [-0.2, -0.15) is 31.4 Å². The molecule has 0 atom stereocenters. The van der Waals surface area contributed by atoms with Crippen molar-refractivity contribution in [3.8, 4) is 33.9 Å². The molecule has 1 aromatic carbocycles. The van der Waals surface area contributed by atoms with E-state index in [-0.39, 0.29) is 40.7 Å². The predicted molar refractivity (Wildman–Crippen MR) is 108 cm³/mol. The largest absolute Gasteiger partial charge is 0.506 e. The Balaban J connectivity index is 2.18. The van der Waals surface area contributed by atoms with Crippen molar-refractivity contribution in [3.63, 3.8) is 0 Å². The van der Waals surface area contributed by atoms with Crippen molar-refractivity contribution in [2.75, 3.05) is 6.61 Å². The molecule has 5 nitrogen and oxygen atoms in total. The highest BCUT2D eigenvalue weighted by atomic mass is 19.4. The Hall–Kier alpha value is -3.24. The lowest BCUT2D eigenvalue weighted by Gasteiger charge is -2.17. The molecule has 178 valence electrons. The Morgan fingerprint density at radius 1 is 1.03 bits per heavy atom. The molecule has 0 aliphatic carbocycles. The number of halogens is 6. The van der Waals surface area contributed by atoms with Crippen LogP contribution in [0, 0.1) is 5.92 Å². The summed E-state index contributed by atoms with van der Waals surface area (Å²) in [6.45, 7) is 4.14. The lowest BCUT2D eigenvalue weighted by molar-refractivity contribution is -0.141. The van der Waals surface area contributed by atoms with Gasteiger partial charge in [0.15, 0.2) is 5.69 Å². The van der Waals surface area contributed by atoms with Gasteiger partial charge in [-0.1, -0.05) is 13.8 Å². The van der Waals surface area contributed by atoms with E-state index in [1.54, 1.807) is 0 Å². The Morgan fingerprint density at radius 3 is 2.30 bits per heavy atom. The van der Waals surface area contributed by atoms with Crippen LogP contribution in [0.5, 0.6) is 11.5 Å². The number of ether oxygens (including phenoxy) is 1. The van der Waals surface area contributed by atoms with Crippen molar-refractivity contribution in [3.05, 3.63) is 47.9 Å². The van der Waals surface area contributed by atoms with Crippen LogP contribution in [0.4, 0.5) is 26.3 Å². The molecule has 3 aromatic rings. The molecule has 0 fully saturated rings. The van der Waals surface area contributed by atoms with Crippen molar-refractivity contribution in [2.24, 2.45) is 13.0 Å². The average molecular weight is 473 g/mol. The second-order valence-corrected chi connectivity index (χ2v) is 7.86. The molecule has 0 bridgehead atoms. The smallest absolute Gasteiger partial charge is 0.435 e. The number of rotatable bonds is 6. The van der Waals surface area contributed by atoms with Crippen molar-refractivity contribution in [2.45, 2.75) is 32.6 Å².